The average Bonchev–Trinajstić information content (AvgIpc) is 2.70. The summed E-state index contributed by atoms with van der Waals surface area (Å²) in [5, 5.41) is 0. The highest BCUT2D eigenvalue weighted by atomic mass is 79.9. The van der Waals surface area contributed by atoms with Gasteiger partial charge < -0.3 is 14.2 Å². The molecule has 1 heterocycles. The van der Waals surface area contributed by atoms with Gasteiger partial charge in [0, 0.05) is 4.83 Å². The van der Waals surface area contributed by atoms with Gasteiger partial charge in [0.15, 0.2) is 0 Å². The maximum Gasteiger partial charge on any atom is 0.309 e. The standard InChI is InChI=1S/C15H25BrO4/c1-4-18-15(17)11-7-13(16)14(8-11)20-12-5-9(2)19-10(3)6-12/h9-14H,4-8H2,1-3H3. The molecule has 0 aromatic rings. The zero-order valence-corrected chi connectivity index (χ0v) is 14.1. The Hall–Kier alpha value is -0.130. The molecule has 0 amide bonds. The Morgan fingerprint density at radius 1 is 1.20 bits per heavy atom. The number of ether oxygens (including phenoxy) is 3. The predicted molar refractivity (Wildman–Crippen MR) is 80.0 cm³/mol. The molecule has 0 bridgehead atoms. The fourth-order valence-corrected chi connectivity index (χ4v) is 4.04. The molecule has 2 rings (SSSR count). The number of rotatable bonds is 4. The van der Waals surface area contributed by atoms with Crippen LogP contribution in [-0.4, -0.2) is 41.8 Å². The number of halogens is 1. The molecule has 0 N–H and O–H groups in total. The third-order valence-electron chi connectivity index (χ3n) is 4.07. The fourth-order valence-electron chi connectivity index (χ4n) is 3.24. The summed E-state index contributed by atoms with van der Waals surface area (Å²) in [6, 6.07) is 0. The first kappa shape index (κ1) is 16.2. The summed E-state index contributed by atoms with van der Waals surface area (Å²) in [5.74, 6) is -0.115. The van der Waals surface area contributed by atoms with E-state index in [0.29, 0.717) is 6.61 Å². The molecule has 20 heavy (non-hydrogen) atoms. The Bertz CT molecular complexity index is 326. The molecule has 5 heteroatoms. The van der Waals surface area contributed by atoms with E-state index in [2.05, 4.69) is 29.8 Å². The van der Waals surface area contributed by atoms with E-state index < -0.39 is 0 Å². The molecule has 2 aliphatic rings. The molecular weight excluding hydrogens is 324 g/mol. The predicted octanol–water partition coefficient (Wildman–Crippen LogP) is 3.06. The molecule has 1 saturated heterocycles. The van der Waals surface area contributed by atoms with Crippen molar-refractivity contribution in [3.63, 3.8) is 0 Å². The van der Waals surface area contributed by atoms with Crippen molar-refractivity contribution in [2.75, 3.05) is 6.61 Å². The van der Waals surface area contributed by atoms with Gasteiger partial charge >= 0.3 is 5.97 Å². The third kappa shape index (κ3) is 4.18. The van der Waals surface area contributed by atoms with E-state index in [1.54, 1.807) is 0 Å². The van der Waals surface area contributed by atoms with Crippen molar-refractivity contribution in [3.8, 4) is 0 Å². The van der Waals surface area contributed by atoms with Crippen LogP contribution in [0.15, 0.2) is 0 Å². The van der Waals surface area contributed by atoms with Gasteiger partial charge in [-0.1, -0.05) is 15.9 Å². The van der Waals surface area contributed by atoms with E-state index in [4.69, 9.17) is 14.2 Å². The van der Waals surface area contributed by atoms with Crippen LogP contribution in [0.2, 0.25) is 0 Å². The van der Waals surface area contributed by atoms with Crippen molar-refractivity contribution in [2.24, 2.45) is 5.92 Å². The highest BCUT2D eigenvalue weighted by Gasteiger charge is 2.40. The number of hydrogen-bond donors (Lipinski definition) is 0. The molecule has 1 saturated carbocycles. The molecule has 0 spiro atoms. The highest BCUT2D eigenvalue weighted by molar-refractivity contribution is 9.09. The Morgan fingerprint density at radius 3 is 2.45 bits per heavy atom. The van der Waals surface area contributed by atoms with Gasteiger partial charge in [0.1, 0.15) is 0 Å². The molecule has 5 atom stereocenters. The second kappa shape index (κ2) is 7.23. The van der Waals surface area contributed by atoms with Crippen molar-refractivity contribution in [1.29, 1.82) is 0 Å². The maximum atomic E-state index is 11.8. The Kier molecular flexibility index (Phi) is 5.87. The minimum Gasteiger partial charge on any atom is -0.466 e. The normalized spacial score (nSPS) is 41.6. The molecule has 0 aromatic carbocycles. The van der Waals surface area contributed by atoms with Gasteiger partial charge in [0.05, 0.1) is 36.9 Å². The van der Waals surface area contributed by atoms with Crippen LogP contribution in [-0.2, 0) is 19.0 Å². The summed E-state index contributed by atoms with van der Waals surface area (Å²) < 4.78 is 17.1. The summed E-state index contributed by atoms with van der Waals surface area (Å²) in [6.45, 7) is 6.47. The van der Waals surface area contributed by atoms with Crippen LogP contribution in [0.25, 0.3) is 0 Å². The Labute approximate surface area is 129 Å². The first-order valence-corrected chi connectivity index (χ1v) is 8.52. The van der Waals surface area contributed by atoms with E-state index in [1.165, 1.54) is 0 Å². The second-order valence-corrected chi connectivity index (χ2v) is 7.14. The molecule has 2 fully saturated rings. The van der Waals surface area contributed by atoms with E-state index in [0.717, 1.165) is 25.7 Å². The number of esters is 1. The van der Waals surface area contributed by atoms with E-state index in [-0.39, 0.29) is 41.1 Å². The lowest BCUT2D eigenvalue weighted by molar-refractivity contribution is -0.149. The number of carbonyl (C=O) groups excluding carboxylic acids is 1. The molecular formula is C15H25BrO4. The minimum atomic E-state index is -0.0863. The number of hydrogen-bond acceptors (Lipinski definition) is 4. The van der Waals surface area contributed by atoms with Gasteiger partial charge in [0.2, 0.25) is 0 Å². The third-order valence-corrected chi connectivity index (χ3v) is 5.03. The molecule has 0 radical (unpaired) electrons. The number of alkyl halides is 1. The first-order valence-electron chi connectivity index (χ1n) is 7.61. The SMILES string of the molecule is CCOC(=O)C1CC(Br)C(OC2CC(C)OC(C)C2)C1. The maximum absolute atomic E-state index is 11.8. The molecule has 1 aliphatic heterocycles. The molecule has 1 aliphatic carbocycles. The van der Waals surface area contributed by atoms with E-state index in [1.807, 2.05) is 6.92 Å². The zero-order chi connectivity index (χ0) is 14.7. The highest BCUT2D eigenvalue weighted by Crippen LogP contribution is 2.36. The van der Waals surface area contributed by atoms with Crippen LogP contribution < -0.4 is 0 Å². The monoisotopic (exact) mass is 348 g/mol. The summed E-state index contributed by atoms with van der Waals surface area (Å²) in [5.41, 5.74) is 0. The smallest absolute Gasteiger partial charge is 0.309 e. The number of carbonyl (C=O) groups is 1. The summed E-state index contributed by atoms with van der Waals surface area (Å²) in [7, 11) is 0. The second-order valence-electron chi connectivity index (χ2n) is 5.96. The van der Waals surface area contributed by atoms with Crippen molar-refractivity contribution in [1.82, 2.24) is 0 Å². The van der Waals surface area contributed by atoms with Crippen molar-refractivity contribution < 1.29 is 19.0 Å². The first-order chi connectivity index (χ1) is 9.49. The van der Waals surface area contributed by atoms with Crippen LogP contribution in [0, 0.1) is 5.92 Å². The van der Waals surface area contributed by atoms with Gasteiger partial charge in [-0.2, -0.15) is 0 Å². The lowest BCUT2D eigenvalue weighted by Gasteiger charge is -2.34. The fraction of sp³-hybridized carbons (Fsp3) is 0.933. The molecule has 4 nitrogen and oxygen atoms in total. The van der Waals surface area contributed by atoms with Gasteiger partial charge in [-0.05, 0) is 46.5 Å². The quantitative estimate of drug-likeness (QED) is 0.578. The Balaban J connectivity index is 1.85. The molecule has 0 aromatic heterocycles. The van der Waals surface area contributed by atoms with E-state index >= 15 is 0 Å². The van der Waals surface area contributed by atoms with Crippen molar-refractivity contribution >= 4 is 21.9 Å². The van der Waals surface area contributed by atoms with Gasteiger partial charge in [-0.15, -0.1) is 0 Å². The topological polar surface area (TPSA) is 44.8 Å². The lowest BCUT2D eigenvalue weighted by Crippen LogP contribution is -2.37. The lowest BCUT2D eigenvalue weighted by atomic mass is 10.0. The van der Waals surface area contributed by atoms with Gasteiger partial charge in [-0.25, -0.2) is 0 Å². The largest absolute Gasteiger partial charge is 0.466 e. The summed E-state index contributed by atoms with van der Waals surface area (Å²) >= 11 is 3.66. The summed E-state index contributed by atoms with van der Waals surface area (Å²) in [4.78, 5) is 12.1. The zero-order valence-electron chi connectivity index (χ0n) is 12.5. The van der Waals surface area contributed by atoms with Crippen LogP contribution in [0.4, 0.5) is 0 Å². The summed E-state index contributed by atoms with van der Waals surface area (Å²) in [6.07, 6.45) is 4.27. The average molecular weight is 349 g/mol. The van der Waals surface area contributed by atoms with Crippen LogP contribution >= 0.6 is 15.9 Å². The van der Waals surface area contributed by atoms with Crippen LogP contribution in [0.3, 0.4) is 0 Å². The molecule has 5 unspecified atom stereocenters. The van der Waals surface area contributed by atoms with Crippen molar-refractivity contribution in [3.05, 3.63) is 0 Å². The van der Waals surface area contributed by atoms with Crippen molar-refractivity contribution in [2.45, 2.75) is 75.7 Å². The minimum absolute atomic E-state index is 0.0287. The van der Waals surface area contributed by atoms with E-state index in [9.17, 15) is 4.79 Å². The van der Waals surface area contributed by atoms with Gasteiger partial charge in [0.25, 0.3) is 0 Å². The Morgan fingerprint density at radius 2 is 1.85 bits per heavy atom. The van der Waals surface area contributed by atoms with Crippen LogP contribution in [0.5, 0.6) is 0 Å². The van der Waals surface area contributed by atoms with Crippen LogP contribution in [0.1, 0.15) is 46.5 Å². The molecule has 116 valence electrons. The van der Waals surface area contributed by atoms with Gasteiger partial charge in [-0.3, -0.25) is 4.79 Å².